The van der Waals surface area contributed by atoms with E-state index in [2.05, 4.69) is 25.8 Å². The highest BCUT2D eigenvalue weighted by atomic mass is 19.1. The van der Waals surface area contributed by atoms with Crippen molar-refractivity contribution < 1.29 is 13.6 Å². The smallest absolute Gasteiger partial charge is 0.280 e. The molecule has 150 valence electrons. The Kier molecular flexibility index (Phi) is 6.33. The molecule has 0 atom stereocenters. The summed E-state index contributed by atoms with van der Waals surface area (Å²) >= 11 is 0. The van der Waals surface area contributed by atoms with E-state index in [9.17, 15) is 13.6 Å². The number of guanidine groups is 1. The number of benzene rings is 2. The number of hydrogen-bond acceptors (Lipinski definition) is 2. The Balaban J connectivity index is 1.79. The zero-order chi connectivity index (χ0) is 20.8. The molecule has 3 N–H and O–H groups in total. The van der Waals surface area contributed by atoms with Gasteiger partial charge in [-0.3, -0.25) is 9.89 Å². The van der Waals surface area contributed by atoms with Gasteiger partial charge in [0.2, 0.25) is 5.96 Å². The Morgan fingerprint density at radius 2 is 1.69 bits per heavy atom. The van der Waals surface area contributed by atoms with Gasteiger partial charge >= 0.3 is 0 Å². The van der Waals surface area contributed by atoms with E-state index >= 15 is 0 Å². The number of nitrogens with zero attached hydrogens (tertiary/aromatic N) is 2. The van der Waals surface area contributed by atoms with Crippen LogP contribution in [0.4, 0.5) is 14.6 Å². The fraction of sp³-hybridized carbons (Fsp3) is 0.190. The van der Waals surface area contributed by atoms with Crippen molar-refractivity contribution in [1.29, 1.82) is 0 Å². The molecule has 0 fully saturated rings. The van der Waals surface area contributed by atoms with Gasteiger partial charge in [-0.1, -0.05) is 13.8 Å². The Hall–Kier alpha value is -3.55. The summed E-state index contributed by atoms with van der Waals surface area (Å²) in [6.07, 6.45) is 0. The van der Waals surface area contributed by atoms with Crippen LogP contribution in [-0.4, -0.2) is 28.6 Å². The summed E-state index contributed by atoms with van der Waals surface area (Å²) in [5, 5.41) is 13.1. The molecule has 2 aromatic carbocycles. The van der Waals surface area contributed by atoms with E-state index in [4.69, 9.17) is 0 Å². The van der Waals surface area contributed by atoms with E-state index in [-0.39, 0.29) is 17.3 Å². The molecule has 1 aromatic heterocycles. The topological polar surface area (TPSA) is 82.2 Å². The average Bonchev–Trinajstić information content (AvgIpc) is 3.15. The first-order valence-electron chi connectivity index (χ1n) is 9.11. The monoisotopic (exact) mass is 397 g/mol. The van der Waals surface area contributed by atoms with Gasteiger partial charge in [-0.25, -0.2) is 8.78 Å². The predicted octanol–water partition coefficient (Wildman–Crippen LogP) is 4.21. The second-order valence-corrected chi connectivity index (χ2v) is 6.85. The lowest BCUT2D eigenvalue weighted by atomic mass is 10.1. The number of nitrogens with one attached hydrogen (secondary N) is 3. The number of rotatable bonds is 5. The zero-order valence-electron chi connectivity index (χ0n) is 16.0. The summed E-state index contributed by atoms with van der Waals surface area (Å²) in [4.78, 5) is 16.5. The largest absolute Gasteiger partial charge is 0.355 e. The lowest BCUT2D eigenvalue weighted by Gasteiger charge is -2.12. The standard InChI is InChI=1S/C21H21F2N5O/c1-13(2)12-24-21(26-20(29)15-5-9-17(23)10-6-15)25-19-11-18(27-28-19)14-3-7-16(22)8-4-14/h3-11,13H,12H2,1-2H3,(H3,24,25,26,27,28,29). The second kappa shape index (κ2) is 9.09. The van der Waals surface area contributed by atoms with E-state index in [1.807, 2.05) is 13.8 Å². The third-order valence-electron chi connectivity index (χ3n) is 3.95. The van der Waals surface area contributed by atoms with Crippen LogP contribution in [-0.2, 0) is 0 Å². The molecule has 3 rings (SSSR count). The van der Waals surface area contributed by atoms with Gasteiger partial charge in [0.25, 0.3) is 5.91 Å². The Bertz CT molecular complexity index is 995. The zero-order valence-corrected chi connectivity index (χ0v) is 16.0. The van der Waals surface area contributed by atoms with Crippen molar-refractivity contribution in [2.75, 3.05) is 11.9 Å². The minimum absolute atomic E-state index is 0.238. The summed E-state index contributed by atoms with van der Waals surface area (Å²) in [5.41, 5.74) is 1.63. The summed E-state index contributed by atoms with van der Waals surface area (Å²) in [6.45, 7) is 4.63. The van der Waals surface area contributed by atoms with Crippen molar-refractivity contribution in [3.8, 4) is 11.3 Å². The molecule has 29 heavy (non-hydrogen) atoms. The Labute approximate surface area is 167 Å². The van der Waals surface area contributed by atoms with Gasteiger partial charge in [-0.2, -0.15) is 10.1 Å². The molecule has 0 unspecified atom stereocenters. The van der Waals surface area contributed by atoms with Crippen LogP contribution in [0, 0.1) is 17.6 Å². The summed E-state index contributed by atoms with van der Waals surface area (Å²) in [5.74, 6) is -0.197. The number of aliphatic imine (C=N–C) groups is 1. The van der Waals surface area contributed by atoms with Crippen LogP contribution in [0.3, 0.4) is 0 Å². The molecule has 8 heteroatoms. The Morgan fingerprint density at radius 3 is 2.31 bits per heavy atom. The lowest BCUT2D eigenvalue weighted by molar-refractivity contribution is 0.100. The van der Waals surface area contributed by atoms with Crippen LogP contribution >= 0.6 is 0 Å². The number of anilines is 1. The molecule has 6 nitrogen and oxygen atoms in total. The van der Waals surface area contributed by atoms with Gasteiger partial charge in [0, 0.05) is 23.7 Å². The quantitative estimate of drug-likeness (QED) is 0.445. The number of hydrogen-bond donors (Lipinski definition) is 3. The van der Waals surface area contributed by atoms with Crippen LogP contribution in [0.15, 0.2) is 59.6 Å². The fourth-order valence-corrected chi connectivity index (χ4v) is 2.45. The summed E-state index contributed by atoms with van der Waals surface area (Å²) in [7, 11) is 0. The van der Waals surface area contributed by atoms with Crippen LogP contribution < -0.4 is 10.6 Å². The number of aromatic amines is 1. The van der Waals surface area contributed by atoms with E-state index in [0.29, 0.717) is 24.0 Å². The maximum Gasteiger partial charge on any atom is 0.280 e. The summed E-state index contributed by atoms with van der Waals surface area (Å²) < 4.78 is 26.2. The van der Waals surface area contributed by atoms with Gasteiger partial charge < -0.3 is 10.6 Å². The molecular weight excluding hydrogens is 376 g/mol. The highest BCUT2D eigenvalue weighted by molar-refractivity contribution is 6.06. The van der Waals surface area contributed by atoms with Gasteiger partial charge in [0.1, 0.15) is 17.5 Å². The van der Waals surface area contributed by atoms with Crippen molar-refractivity contribution >= 4 is 17.7 Å². The molecule has 1 heterocycles. The number of carbonyl (C=O) groups excluding carboxylic acids is 1. The third kappa shape index (κ3) is 5.71. The maximum absolute atomic E-state index is 13.1. The van der Waals surface area contributed by atoms with Gasteiger partial charge in [0.05, 0.1) is 5.69 Å². The molecule has 0 aliphatic rings. The van der Waals surface area contributed by atoms with Gasteiger partial charge in [-0.15, -0.1) is 0 Å². The first-order valence-corrected chi connectivity index (χ1v) is 9.11. The second-order valence-electron chi connectivity index (χ2n) is 6.85. The van der Waals surface area contributed by atoms with Crippen LogP contribution in [0.25, 0.3) is 11.3 Å². The molecule has 3 aromatic rings. The van der Waals surface area contributed by atoms with E-state index in [1.54, 1.807) is 18.2 Å². The van der Waals surface area contributed by atoms with Crippen molar-refractivity contribution in [1.82, 2.24) is 15.5 Å². The van der Waals surface area contributed by atoms with Crippen LogP contribution in [0.2, 0.25) is 0 Å². The number of amides is 1. The molecule has 0 aliphatic heterocycles. The highest BCUT2D eigenvalue weighted by Gasteiger charge is 2.11. The maximum atomic E-state index is 13.1. The molecule has 0 aliphatic carbocycles. The highest BCUT2D eigenvalue weighted by Crippen LogP contribution is 2.20. The molecule has 0 saturated carbocycles. The number of carbonyl (C=O) groups is 1. The molecule has 0 spiro atoms. The lowest BCUT2D eigenvalue weighted by Crippen LogP contribution is -2.34. The van der Waals surface area contributed by atoms with Crippen LogP contribution in [0.5, 0.6) is 0 Å². The number of H-pyrrole nitrogens is 1. The Morgan fingerprint density at radius 1 is 1.07 bits per heavy atom. The molecule has 0 radical (unpaired) electrons. The van der Waals surface area contributed by atoms with E-state index < -0.39 is 11.7 Å². The van der Waals surface area contributed by atoms with Crippen molar-refractivity contribution in [3.63, 3.8) is 0 Å². The molecule has 1 amide bonds. The SMILES string of the molecule is CC(C)CN/C(=N/C(=O)c1ccc(F)cc1)Nc1cc(-c2ccc(F)cc2)n[nH]1. The minimum Gasteiger partial charge on any atom is -0.355 e. The molecule has 0 saturated heterocycles. The van der Waals surface area contributed by atoms with E-state index in [0.717, 1.165) is 5.56 Å². The van der Waals surface area contributed by atoms with E-state index in [1.165, 1.54) is 36.4 Å². The molecular formula is C21H21F2N5O. The van der Waals surface area contributed by atoms with Gasteiger partial charge in [-0.05, 0) is 54.4 Å². The van der Waals surface area contributed by atoms with Crippen molar-refractivity contribution in [2.45, 2.75) is 13.8 Å². The minimum atomic E-state index is -0.512. The predicted molar refractivity (Wildman–Crippen MR) is 109 cm³/mol. The number of halogens is 2. The van der Waals surface area contributed by atoms with Crippen molar-refractivity contribution in [3.05, 3.63) is 71.8 Å². The van der Waals surface area contributed by atoms with Crippen molar-refractivity contribution in [2.24, 2.45) is 10.9 Å². The average molecular weight is 397 g/mol. The molecule has 0 bridgehead atoms. The fourth-order valence-electron chi connectivity index (χ4n) is 2.45. The number of aromatic nitrogens is 2. The third-order valence-corrected chi connectivity index (χ3v) is 3.95. The summed E-state index contributed by atoms with van der Waals surface area (Å²) in [6, 6.07) is 12.9. The van der Waals surface area contributed by atoms with Gasteiger partial charge in [0.15, 0.2) is 0 Å². The first kappa shape index (κ1) is 20.2. The van der Waals surface area contributed by atoms with Crippen LogP contribution in [0.1, 0.15) is 24.2 Å². The first-order chi connectivity index (χ1) is 13.9. The normalized spacial score (nSPS) is 11.6.